The van der Waals surface area contributed by atoms with Crippen LogP contribution in [0.1, 0.15) is 48.1 Å². The highest BCUT2D eigenvalue weighted by Crippen LogP contribution is 2.24. The number of amides is 1. The van der Waals surface area contributed by atoms with Gasteiger partial charge in [0, 0.05) is 27.8 Å². The quantitative estimate of drug-likeness (QED) is 0.785. The Morgan fingerprint density at radius 1 is 1.21 bits per heavy atom. The van der Waals surface area contributed by atoms with E-state index in [0.29, 0.717) is 27.0 Å². The van der Waals surface area contributed by atoms with Crippen LogP contribution in [0, 0.1) is 13.8 Å². The fourth-order valence-corrected chi connectivity index (χ4v) is 3.32. The maximum absolute atomic E-state index is 12.3. The minimum atomic E-state index is -0.188. The fourth-order valence-electron chi connectivity index (χ4n) is 2.79. The lowest BCUT2D eigenvalue weighted by molar-refractivity contribution is -0.116. The summed E-state index contributed by atoms with van der Waals surface area (Å²) in [5, 5.41) is 8.07. The van der Waals surface area contributed by atoms with Gasteiger partial charge >= 0.3 is 0 Å². The zero-order chi connectivity index (χ0) is 18.0. The average Bonchev–Trinajstić information content (AvgIpc) is 2.72. The van der Waals surface area contributed by atoms with Gasteiger partial charge in [0.1, 0.15) is 0 Å². The SMILES string of the molecule is CC(=O)c1c(C)nn(C(C)CC(=O)Nc2cc(Cl)cc(Cl)c2)c1C. The molecule has 0 saturated carbocycles. The number of aromatic nitrogens is 2. The summed E-state index contributed by atoms with van der Waals surface area (Å²) in [5.74, 6) is -0.209. The van der Waals surface area contributed by atoms with Crippen molar-refractivity contribution in [1.29, 1.82) is 0 Å². The lowest BCUT2D eigenvalue weighted by Gasteiger charge is -2.14. The Hall–Kier alpha value is -1.85. The lowest BCUT2D eigenvalue weighted by atomic mass is 10.1. The molecule has 1 unspecified atom stereocenters. The Morgan fingerprint density at radius 3 is 2.29 bits per heavy atom. The molecule has 1 N–H and O–H groups in total. The molecule has 1 heterocycles. The molecule has 0 fully saturated rings. The van der Waals surface area contributed by atoms with E-state index in [1.165, 1.54) is 6.92 Å². The Labute approximate surface area is 150 Å². The van der Waals surface area contributed by atoms with Gasteiger partial charge in [0.2, 0.25) is 5.91 Å². The number of ketones is 1. The van der Waals surface area contributed by atoms with Crippen molar-refractivity contribution in [1.82, 2.24) is 9.78 Å². The van der Waals surface area contributed by atoms with E-state index in [4.69, 9.17) is 23.2 Å². The molecule has 0 aliphatic heterocycles. The van der Waals surface area contributed by atoms with Crippen LogP contribution in [0.4, 0.5) is 5.69 Å². The van der Waals surface area contributed by atoms with Crippen LogP contribution in [0.5, 0.6) is 0 Å². The first kappa shape index (κ1) is 18.5. The van der Waals surface area contributed by atoms with Gasteiger partial charge in [-0.25, -0.2) is 0 Å². The van der Waals surface area contributed by atoms with Crippen LogP contribution in [0.3, 0.4) is 0 Å². The number of aryl methyl sites for hydroxylation is 1. The predicted octanol–water partition coefficient (Wildman–Crippen LogP) is 4.60. The maximum atomic E-state index is 12.3. The van der Waals surface area contributed by atoms with E-state index in [1.807, 2.05) is 13.8 Å². The molecule has 0 radical (unpaired) electrons. The minimum absolute atomic E-state index is 0.0264. The number of benzene rings is 1. The topological polar surface area (TPSA) is 64.0 Å². The van der Waals surface area contributed by atoms with Crippen molar-refractivity contribution in [3.8, 4) is 0 Å². The van der Waals surface area contributed by atoms with Crippen LogP contribution in [0.2, 0.25) is 10.0 Å². The zero-order valence-corrected chi connectivity index (χ0v) is 15.5. The molecule has 1 aromatic carbocycles. The molecule has 7 heteroatoms. The van der Waals surface area contributed by atoms with E-state index in [0.717, 1.165) is 5.69 Å². The number of Topliss-reactive ketones (excluding diaryl/α,β-unsaturated/α-hetero) is 1. The Balaban J connectivity index is 2.12. The molecule has 1 atom stereocenters. The van der Waals surface area contributed by atoms with Crippen LogP contribution >= 0.6 is 23.2 Å². The molecule has 0 spiro atoms. The number of halogens is 2. The first-order chi connectivity index (χ1) is 11.2. The highest BCUT2D eigenvalue weighted by atomic mass is 35.5. The van der Waals surface area contributed by atoms with Gasteiger partial charge in [-0.15, -0.1) is 0 Å². The largest absolute Gasteiger partial charge is 0.326 e. The Kier molecular flexibility index (Phi) is 5.67. The summed E-state index contributed by atoms with van der Waals surface area (Å²) in [6.07, 6.45) is 0.212. The van der Waals surface area contributed by atoms with Crippen molar-refractivity contribution in [2.24, 2.45) is 0 Å². The number of nitrogens with one attached hydrogen (secondary N) is 1. The van der Waals surface area contributed by atoms with E-state index in [9.17, 15) is 9.59 Å². The molecule has 2 rings (SSSR count). The molecule has 5 nitrogen and oxygen atoms in total. The van der Waals surface area contributed by atoms with E-state index < -0.39 is 0 Å². The molecule has 0 aliphatic carbocycles. The van der Waals surface area contributed by atoms with Gasteiger partial charge in [-0.2, -0.15) is 5.10 Å². The molecule has 128 valence electrons. The number of anilines is 1. The third-order valence-electron chi connectivity index (χ3n) is 3.72. The summed E-state index contributed by atoms with van der Waals surface area (Å²) < 4.78 is 1.72. The van der Waals surface area contributed by atoms with Crippen LogP contribution in [0.25, 0.3) is 0 Å². The summed E-state index contributed by atoms with van der Waals surface area (Å²) in [5.41, 5.74) is 2.60. The summed E-state index contributed by atoms with van der Waals surface area (Å²) in [6.45, 7) is 7.03. The molecule has 24 heavy (non-hydrogen) atoms. The first-order valence-corrected chi connectivity index (χ1v) is 8.27. The first-order valence-electron chi connectivity index (χ1n) is 7.51. The van der Waals surface area contributed by atoms with Gasteiger partial charge in [0.25, 0.3) is 0 Å². The van der Waals surface area contributed by atoms with Crippen LogP contribution < -0.4 is 5.32 Å². The van der Waals surface area contributed by atoms with Crippen LogP contribution in [0.15, 0.2) is 18.2 Å². The number of carbonyl (C=O) groups is 2. The summed E-state index contributed by atoms with van der Waals surface area (Å²) >= 11 is 11.8. The van der Waals surface area contributed by atoms with Crippen molar-refractivity contribution in [2.45, 2.75) is 40.2 Å². The van der Waals surface area contributed by atoms with Crippen molar-refractivity contribution >= 4 is 40.6 Å². The molecule has 0 saturated heterocycles. The Bertz CT molecular complexity index is 779. The van der Waals surface area contributed by atoms with Crippen molar-refractivity contribution in [2.75, 3.05) is 5.32 Å². The molecular weight excluding hydrogens is 349 g/mol. The second-order valence-corrected chi connectivity index (χ2v) is 6.68. The van der Waals surface area contributed by atoms with Gasteiger partial charge < -0.3 is 5.32 Å². The van der Waals surface area contributed by atoms with Crippen LogP contribution in [-0.2, 0) is 4.79 Å². The fraction of sp³-hybridized carbons (Fsp3) is 0.353. The van der Waals surface area contributed by atoms with E-state index in [1.54, 1.807) is 29.8 Å². The van der Waals surface area contributed by atoms with Gasteiger partial charge in [-0.3, -0.25) is 14.3 Å². The number of carbonyl (C=O) groups excluding carboxylic acids is 2. The summed E-state index contributed by atoms with van der Waals surface area (Å²) in [4.78, 5) is 23.9. The minimum Gasteiger partial charge on any atom is -0.326 e. The second-order valence-electron chi connectivity index (χ2n) is 5.81. The number of hydrogen-bond acceptors (Lipinski definition) is 3. The van der Waals surface area contributed by atoms with Gasteiger partial charge in [0.15, 0.2) is 5.78 Å². The number of nitrogens with zero attached hydrogens (tertiary/aromatic N) is 2. The third-order valence-corrected chi connectivity index (χ3v) is 4.16. The smallest absolute Gasteiger partial charge is 0.226 e. The Morgan fingerprint density at radius 2 is 1.79 bits per heavy atom. The summed E-state index contributed by atoms with van der Waals surface area (Å²) in [6, 6.07) is 4.67. The molecule has 2 aromatic rings. The monoisotopic (exact) mass is 367 g/mol. The van der Waals surface area contributed by atoms with Crippen molar-refractivity contribution in [3.05, 3.63) is 45.2 Å². The second kappa shape index (κ2) is 7.36. The average molecular weight is 368 g/mol. The highest BCUT2D eigenvalue weighted by Gasteiger charge is 2.20. The lowest BCUT2D eigenvalue weighted by Crippen LogP contribution is -2.19. The molecule has 1 amide bonds. The van der Waals surface area contributed by atoms with E-state index in [-0.39, 0.29) is 24.2 Å². The van der Waals surface area contributed by atoms with Gasteiger partial charge in [-0.05, 0) is 45.9 Å². The number of rotatable bonds is 5. The molecule has 1 aromatic heterocycles. The normalized spacial score (nSPS) is 12.1. The maximum Gasteiger partial charge on any atom is 0.226 e. The molecule has 0 bridgehead atoms. The predicted molar refractivity (Wildman–Crippen MR) is 96.1 cm³/mol. The van der Waals surface area contributed by atoms with E-state index >= 15 is 0 Å². The highest BCUT2D eigenvalue weighted by molar-refractivity contribution is 6.35. The molecular formula is C17H19Cl2N3O2. The standard InChI is InChI=1S/C17H19Cl2N3O2/c1-9(22-11(3)17(12(4)23)10(2)21-22)5-16(24)20-15-7-13(18)6-14(19)8-15/h6-9H,5H2,1-4H3,(H,20,24). The van der Waals surface area contributed by atoms with Crippen molar-refractivity contribution in [3.63, 3.8) is 0 Å². The van der Waals surface area contributed by atoms with Crippen molar-refractivity contribution < 1.29 is 9.59 Å². The van der Waals surface area contributed by atoms with Crippen LogP contribution in [-0.4, -0.2) is 21.5 Å². The van der Waals surface area contributed by atoms with Gasteiger partial charge in [0.05, 0.1) is 17.3 Å². The van der Waals surface area contributed by atoms with E-state index in [2.05, 4.69) is 10.4 Å². The third kappa shape index (κ3) is 4.16. The summed E-state index contributed by atoms with van der Waals surface area (Å²) in [7, 11) is 0. The number of hydrogen-bond donors (Lipinski definition) is 1. The zero-order valence-electron chi connectivity index (χ0n) is 14.0. The van der Waals surface area contributed by atoms with Gasteiger partial charge in [-0.1, -0.05) is 23.2 Å². The molecule has 0 aliphatic rings.